The van der Waals surface area contributed by atoms with Gasteiger partial charge in [-0.1, -0.05) is 30.7 Å². The fourth-order valence-electron chi connectivity index (χ4n) is 3.18. The van der Waals surface area contributed by atoms with Crippen LogP contribution >= 0.6 is 11.6 Å². The van der Waals surface area contributed by atoms with Crippen LogP contribution in [0.5, 0.6) is 0 Å². The summed E-state index contributed by atoms with van der Waals surface area (Å²) in [4.78, 5) is 12.3. The Kier molecular flexibility index (Phi) is 5.14. The van der Waals surface area contributed by atoms with E-state index in [4.69, 9.17) is 11.6 Å². The van der Waals surface area contributed by atoms with Gasteiger partial charge in [0, 0.05) is 11.4 Å². The molecule has 0 aromatic heterocycles. The van der Waals surface area contributed by atoms with E-state index in [1.807, 2.05) is 12.1 Å². The standard InChI is InChI=1S/C19H18ClF3N2O/c1-11-5-6-12-3-2-4-17(14(12)9-11)25-18(26)24-13-7-8-16(20)15(10-13)19(21,22)23/h2-4,7-8,10-11H,5-6,9H2,1H3,(H2,24,25,26). The van der Waals surface area contributed by atoms with Crippen LogP contribution in [0.25, 0.3) is 0 Å². The number of halogens is 4. The molecular weight excluding hydrogens is 365 g/mol. The maximum atomic E-state index is 12.9. The third-order valence-corrected chi connectivity index (χ3v) is 4.84. The van der Waals surface area contributed by atoms with Gasteiger partial charge in [-0.05, 0) is 60.6 Å². The molecule has 1 atom stereocenters. The molecule has 0 spiro atoms. The first-order valence-electron chi connectivity index (χ1n) is 8.29. The zero-order valence-electron chi connectivity index (χ0n) is 14.1. The molecule has 1 aliphatic carbocycles. The van der Waals surface area contributed by atoms with Crippen LogP contribution in [0.1, 0.15) is 30.0 Å². The monoisotopic (exact) mass is 382 g/mol. The summed E-state index contributed by atoms with van der Waals surface area (Å²) in [5, 5.41) is 4.78. The Morgan fingerprint density at radius 1 is 1.19 bits per heavy atom. The highest BCUT2D eigenvalue weighted by Gasteiger charge is 2.33. The zero-order valence-corrected chi connectivity index (χ0v) is 14.8. The highest BCUT2D eigenvalue weighted by atomic mass is 35.5. The van der Waals surface area contributed by atoms with Gasteiger partial charge in [-0.3, -0.25) is 0 Å². The lowest BCUT2D eigenvalue weighted by Crippen LogP contribution is -2.22. The molecule has 0 saturated carbocycles. The van der Waals surface area contributed by atoms with Crippen molar-refractivity contribution in [1.29, 1.82) is 0 Å². The molecule has 7 heteroatoms. The topological polar surface area (TPSA) is 41.1 Å². The van der Waals surface area contributed by atoms with Gasteiger partial charge in [0.2, 0.25) is 0 Å². The van der Waals surface area contributed by atoms with Crippen molar-refractivity contribution in [2.24, 2.45) is 5.92 Å². The summed E-state index contributed by atoms with van der Waals surface area (Å²) < 4.78 is 38.8. The van der Waals surface area contributed by atoms with Gasteiger partial charge in [0.1, 0.15) is 0 Å². The molecule has 0 heterocycles. The summed E-state index contributed by atoms with van der Waals surface area (Å²) in [6.45, 7) is 2.16. The van der Waals surface area contributed by atoms with Crippen LogP contribution < -0.4 is 10.6 Å². The molecule has 0 saturated heterocycles. The van der Waals surface area contributed by atoms with Crippen LogP contribution in [0, 0.1) is 5.92 Å². The van der Waals surface area contributed by atoms with Gasteiger partial charge in [0.15, 0.2) is 0 Å². The van der Waals surface area contributed by atoms with Crippen molar-refractivity contribution >= 4 is 29.0 Å². The minimum absolute atomic E-state index is 0.0254. The van der Waals surface area contributed by atoms with E-state index < -0.39 is 22.8 Å². The van der Waals surface area contributed by atoms with E-state index in [0.717, 1.165) is 37.0 Å². The van der Waals surface area contributed by atoms with Crippen LogP contribution in [0.15, 0.2) is 36.4 Å². The molecule has 138 valence electrons. The number of aryl methyl sites for hydroxylation is 1. The third-order valence-electron chi connectivity index (χ3n) is 4.51. The number of carbonyl (C=O) groups is 1. The number of hydrogen-bond acceptors (Lipinski definition) is 1. The summed E-state index contributed by atoms with van der Waals surface area (Å²) in [5.74, 6) is 0.527. The second-order valence-corrected chi connectivity index (χ2v) is 6.97. The first-order valence-corrected chi connectivity index (χ1v) is 8.67. The summed E-state index contributed by atoms with van der Waals surface area (Å²) in [6.07, 6.45) is -1.65. The van der Waals surface area contributed by atoms with E-state index in [1.54, 1.807) is 6.07 Å². The number of carbonyl (C=O) groups excluding carboxylic acids is 1. The molecule has 0 fully saturated rings. The minimum Gasteiger partial charge on any atom is -0.308 e. The summed E-state index contributed by atoms with van der Waals surface area (Å²) >= 11 is 5.59. The molecular formula is C19H18ClF3N2O. The second kappa shape index (κ2) is 7.19. The number of amides is 2. The lowest BCUT2D eigenvalue weighted by molar-refractivity contribution is -0.137. The van der Waals surface area contributed by atoms with E-state index in [0.29, 0.717) is 11.6 Å². The van der Waals surface area contributed by atoms with Gasteiger partial charge in [0.25, 0.3) is 0 Å². The first kappa shape index (κ1) is 18.6. The minimum atomic E-state index is -4.58. The first-order chi connectivity index (χ1) is 12.2. The molecule has 3 nitrogen and oxygen atoms in total. The van der Waals surface area contributed by atoms with Crippen molar-refractivity contribution in [3.63, 3.8) is 0 Å². The Morgan fingerprint density at radius 3 is 2.69 bits per heavy atom. The van der Waals surface area contributed by atoms with E-state index in [1.165, 1.54) is 11.6 Å². The van der Waals surface area contributed by atoms with E-state index in [-0.39, 0.29) is 5.69 Å². The normalized spacial score (nSPS) is 16.7. The molecule has 0 bridgehead atoms. The summed E-state index contributed by atoms with van der Waals surface area (Å²) in [6, 6.07) is 8.40. The molecule has 0 aliphatic heterocycles. The Morgan fingerprint density at radius 2 is 1.96 bits per heavy atom. The number of hydrogen-bond donors (Lipinski definition) is 2. The summed E-state index contributed by atoms with van der Waals surface area (Å²) in [5.41, 5.74) is 2.03. The Balaban J connectivity index is 1.77. The molecule has 1 unspecified atom stereocenters. The average Bonchev–Trinajstić information content (AvgIpc) is 2.56. The second-order valence-electron chi connectivity index (χ2n) is 6.56. The van der Waals surface area contributed by atoms with Crippen LogP contribution in [0.3, 0.4) is 0 Å². The predicted molar refractivity (Wildman–Crippen MR) is 96.7 cm³/mol. The van der Waals surface area contributed by atoms with Crippen LogP contribution in [-0.4, -0.2) is 6.03 Å². The molecule has 3 rings (SSSR count). The predicted octanol–water partition coefficient (Wildman–Crippen LogP) is 6.13. The fourth-order valence-corrected chi connectivity index (χ4v) is 3.41. The average molecular weight is 383 g/mol. The number of rotatable bonds is 2. The van der Waals surface area contributed by atoms with E-state index in [2.05, 4.69) is 17.6 Å². The van der Waals surface area contributed by atoms with Crippen molar-refractivity contribution in [2.75, 3.05) is 10.6 Å². The van der Waals surface area contributed by atoms with Crippen molar-refractivity contribution in [1.82, 2.24) is 0 Å². The quantitative estimate of drug-likeness (QED) is 0.644. The molecule has 2 aromatic rings. The SMILES string of the molecule is CC1CCc2cccc(NC(=O)Nc3ccc(Cl)c(C(F)(F)F)c3)c2C1. The smallest absolute Gasteiger partial charge is 0.308 e. The van der Waals surface area contributed by atoms with Crippen molar-refractivity contribution in [2.45, 2.75) is 32.4 Å². The van der Waals surface area contributed by atoms with Gasteiger partial charge < -0.3 is 10.6 Å². The summed E-state index contributed by atoms with van der Waals surface area (Å²) in [7, 11) is 0. The van der Waals surface area contributed by atoms with Gasteiger partial charge in [0.05, 0.1) is 10.6 Å². The highest BCUT2D eigenvalue weighted by molar-refractivity contribution is 6.31. The van der Waals surface area contributed by atoms with Crippen LogP contribution in [-0.2, 0) is 19.0 Å². The molecule has 26 heavy (non-hydrogen) atoms. The van der Waals surface area contributed by atoms with Crippen molar-refractivity contribution in [3.8, 4) is 0 Å². The Labute approximate surface area is 154 Å². The molecule has 2 amide bonds. The maximum Gasteiger partial charge on any atom is 0.417 e. The number of urea groups is 1. The van der Waals surface area contributed by atoms with Gasteiger partial charge >= 0.3 is 12.2 Å². The molecule has 2 aromatic carbocycles. The fraction of sp³-hybridized carbons (Fsp3) is 0.316. The zero-order chi connectivity index (χ0) is 18.9. The Hall–Kier alpha value is -2.21. The number of nitrogens with one attached hydrogen (secondary N) is 2. The van der Waals surface area contributed by atoms with Gasteiger partial charge in [-0.25, -0.2) is 4.79 Å². The van der Waals surface area contributed by atoms with Gasteiger partial charge in [-0.15, -0.1) is 0 Å². The third kappa shape index (κ3) is 4.12. The number of alkyl halides is 3. The Bertz CT molecular complexity index is 836. The number of anilines is 2. The van der Waals surface area contributed by atoms with Crippen molar-refractivity contribution in [3.05, 3.63) is 58.1 Å². The van der Waals surface area contributed by atoms with E-state index >= 15 is 0 Å². The van der Waals surface area contributed by atoms with Crippen molar-refractivity contribution < 1.29 is 18.0 Å². The number of fused-ring (bicyclic) bond motifs is 1. The molecule has 2 N–H and O–H groups in total. The van der Waals surface area contributed by atoms with Crippen LogP contribution in [0.2, 0.25) is 5.02 Å². The van der Waals surface area contributed by atoms with Gasteiger partial charge in [-0.2, -0.15) is 13.2 Å². The van der Waals surface area contributed by atoms with Crippen LogP contribution in [0.4, 0.5) is 29.3 Å². The maximum absolute atomic E-state index is 12.9. The molecule has 1 aliphatic rings. The lowest BCUT2D eigenvalue weighted by Gasteiger charge is -2.24. The molecule has 0 radical (unpaired) electrons. The largest absolute Gasteiger partial charge is 0.417 e. The number of benzene rings is 2. The lowest BCUT2D eigenvalue weighted by atomic mass is 9.84. The van der Waals surface area contributed by atoms with E-state index in [9.17, 15) is 18.0 Å². The highest BCUT2D eigenvalue weighted by Crippen LogP contribution is 2.36.